The number of hydrogen-bond donors (Lipinski definition) is 1. The zero-order chi connectivity index (χ0) is 25.8. The van der Waals surface area contributed by atoms with E-state index >= 15 is 0 Å². The summed E-state index contributed by atoms with van der Waals surface area (Å²) in [5.41, 5.74) is 2.45. The molecule has 36 heavy (non-hydrogen) atoms. The highest BCUT2D eigenvalue weighted by Gasteiger charge is 2.37. The molecule has 3 aromatic carbocycles. The fourth-order valence-electron chi connectivity index (χ4n) is 3.62. The van der Waals surface area contributed by atoms with E-state index in [0.29, 0.717) is 34.4 Å². The Kier molecular flexibility index (Phi) is 7.76. The normalized spacial score (nSPS) is 14.7. The quantitative estimate of drug-likeness (QED) is 0.276. The van der Waals surface area contributed by atoms with Crippen LogP contribution in [0.2, 0.25) is 5.02 Å². The van der Waals surface area contributed by atoms with Crippen LogP contribution in [0.5, 0.6) is 11.5 Å². The number of nitrogens with one attached hydrogen (secondary N) is 1. The molecule has 0 radical (unpaired) electrons. The largest absolute Gasteiger partial charge is 0.490 e. The average molecular weight is 570 g/mol. The topological polar surface area (TPSA) is 84.9 Å². The maximum atomic E-state index is 13.2. The van der Waals surface area contributed by atoms with Crippen molar-refractivity contribution < 1.29 is 23.9 Å². The minimum atomic E-state index is -0.802. The number of carbonyl (C=O) groups is 3. The molecule has 4 amide bonds. The Morgan fingerprint density at radius 1 is 1.00 bits per heavy atom. The molecule has 0 bridgehead atoms. The van der Waals surface area contributed by atoms with Gasteiger partial charge in [0.05, 0.1) is 12.3 Å². The number of benzene rings is 3. The van der Waals surface area contributed by atoms with Gasteiger partial charge < -0.3 is 9.47 Å². The number of nitrogens with zero attached hydrogens (tertiary/aromatic N) is 1. The first-order valence-corrected chi connectivity index (χ1v) is 12.3. The molecule has 1 aliphatic rings. The minimum Gasteiger partial charge on any atom is -0.490 e. The van der Waals surface area contributed by atoms with E-state index in [4.69, 9.17) is 21.1 Å². The van der Waals surface area contributed by atoms with E-state index in [1.165, 1.54) is 6.08 Å². The maximum Gasteiger partial charge on any atom is 0.335 e. The standard InChI is InChI=1S/C27H22BrClN2O5/c1-3-35-24-14-17(7-10-23(24)36-15-18-5-4-6-19(29)12-18)13-21-25(32)30-27(34)31(26(21)33)20-8-9-22(28)16(2)11-20/h4-14H,3,15H2,1-2H3,(H,30,32,34)/b21-13-. The van der Waals surface area contributed by atoms with E-state index in [9.17, 15) is 14.4 Å². The third kappa shape index (κ3) is 5.61. The van der Waals surface area contributed by atoms with Gasteiger partial charge >= 0.3 is 6.03 Å². The fourth-order valence-corrected chi connectivity index (χ4v) is 4.08. The molecule has 7 nitrogen and oxygen atoms in total. The van der Waals surface area contributed by atoms with Crippen LogP contribution in [0.3, 0.4) is 0 Å². The van der Waals surface area contributed by atoms with Crippen molar-refractivity contribution in [2.24, 2.45) is 0 Å². The molecule has 1 saturated heterocycles. The van der Waals surface area contributed by atoms with Gasteiger partial charge in [0.1, 0.15) is 12.2 Å². The predicted octanol–water partition coefficient (Wildman–Crippen LogP) is 6.06. The van der Waals surface area contributed by atoms with Gasteiger partial charge in [-0.3, -0.25) is 14.9 Å². The van der Waals surface area contributed by atoms with E-state index in [2.05, 4.69) is 21.2 Å². The molecule has 0 saturated carbocycles. The summed E-state index contributed by atoms with van der Waals surface area (Å²) < 4.78 is 12.5. The van der Waals surface area contributed by atoms with Crippen LogP contribution in [0.4, 0.5) is 10.5 Å². The molecular weight excluding hydrogens is 548 g/mol. The van der Waals surface area contributed by atoms with Crippen molar-refractivity contribution in [3.05, 3.63) is 92.4 Å². The number of imide groups is 2. The van der Waals surface area contributed by atoms with E-state index in [1.807, 2.05) is 32.0 Å². The lowest BCUT2D eigenvalue weighted by molar-refractivity contribution is -0.122. The van der Waals surface area contributed by atoms with Crippen LogP contribution in [-0.2, 0) is 16.2 Å². The second-order valence-electron chi connectivity index (χ2n) is 7.95. The number of anilines is 1. The molecule has 9 heteroatoms. The predicted molar refractivity (Wildman–Crippen MR) is 141 cm³/mol. The third-order valence-corrected chi connectivity index (χ3v) is 6.49. The number of ether oxygens (including phenoxy) is 2. The highest BCUT2D eigenvalue weighted by Crippen LogP contribution is 2.31. The van der Waals surface area contributed by atoms with Gasteiger partial charge in [-0.2, -0.15) is 0 Å². The van der Waals surface area contributed by atoms with Crippen LogP contribution < -0.4 is 19.7 Å². The van der Waals surface area contributed by atoms with Gasteiger partial charge in [0.2, 0.25) is 0 Å². The lowest BCUT2D eigenvalue weighted by Gasteiger charge is -2.26. The monoisotopic (exact) mass is 568 g/mol. The molecule has 4 rings (SSSR count). The third-order valence-electron chi connectivity index (χ3n) is 5.36. The second-order valence-corrected chi connectivity index (χ2v) is 9.24. The van der Waals surface area contributed by atoms with Crippen molar-refractivity contribution in [2.75, 3.05) is 11.5 Å². The molecule has 0 atom stereocenters. The number of rotatable bonds is 7. The van der Waals surface area contributed by atoms with E-state index < -0.39 is 17.8 Å². The van der Waals surface area contributed by atoms with Gasteiger partial charge in [0.25, 0.3) is 11.8 Å². The molecule has 1 aliphatic heterocycles. The van der Waals surface area contributed by atoms with Crippen LogP contribution in [0.15, 0.2) is 70.7 Å². The van der Waals surface area contributed by atoms with Crippen molar-refractivity contribution >= 4 is 57.1 Å². The molecule has 1 N–H and O–H groups in total. The summed E-state index contributed by atoms with van der Waals surface area (Å²) in [6.45, 7) is 4.35. The first-order chi connectivity index (χ1) is 17.3. The Bertz CT molecular complexity index is 1390. The van der Waals surface area contributed by atoms with Crippen LogP contribution in [0.1, 0.15) is 23.6 Å². The SMILES string of the molecule is CCOc1cc(/C=C2/C(=O)NC(=O)N(c3ccc(Br)c(C)c3)C2=O)ccc1OCc1cccc(Cl)c1. The summed E-state index contributed by atoms with van der Waals surface area (Å²) in [7, 11) is 0. The first kappa shape index (κ1) is 25.5. The molecule has 0 spiro atoms. The molecule has 0 aromatic heterocycles. The van der Waals surface area contributed by atoms with Gasteiger partial charge in [0, 0.05) is 9.50 Å². The number of hydrogen-bond acceptors (Lipinski definition) is 5. The number of urea groups is 1. The van der Waals surface area contributed by atoms with Gasteiger partial charge in [-0.1, -0.05) is 45.7 Å². The zero-order valence-corrected chi connectivity index (χ0v) is 21.9. The van der Waals surface area contributed by atoms with E-state index in [0.717, 1.165) is 20.5 Å². The number of barbiturate groups is 1. The van der Waals surface area contributed by atoms with E-state index in [-0.39, 0.29) is 12.2 Å². The summed E-state index contributed by atoms with van der Waals surface area (Å²) in [5, 5.41) is 2.85. The Labute approximate surface area is 221 Å². The highest BCUT2D eigenvalue weighted by molar-refractivity contribution is 9.10. The number of amides is 4. The average Bonchev–Trinajstić information content (AvgIpc) is 2.83. The molecule has 0 aliphatic carbocycles. The Balaban J connectivity index is 1.62. The smallest absolute Gasteiger partial charge is 0.335 e. The Morgan fingerprint density at radius 2 is 1.81 bits per heavy atom. The molecule has 3 aromatic rings. The molecule has 0 unspecified atom stereocenters. The van der Waals surface area contributed by atoms with Crippen LogP contribution in [0, 0.1) is 6.92 Å². The number of halogens is 2. The minimum absolute atomic E-state index is 0.176. The van der Waals surface area contributed by atoms with Crippen LogP contribution >= 0.6 is 27.5 Å². The summed E-state index contributed by atoms with van der Waals surface area (Å²) in [4.78, 5) is 39.2. The maximum absolute atomic E-state index is 13.2. The number of carbonyl (C=O) groups excluding carboxylic acids is 3. The summed E-state index contributed by atoms with van der Waals surface area (Å²) >= 11 is 9.45. The zero-order valence-electron chi connectivity index (χ0n) is 19.5. The molecular formula is C27H22BrClN2O5. The first-order valence-electron chi connectivity index (χ1n) is 11.1. The van der Waals surface area contributed by atoms with Crippen molar-refractivity contribution in [3.63, 3.8) is 0 Å². The van der Waals surface area contributed by atoms with Crippen LogP contribution in [-0.4, -0.2) is 24.5 Å². The summed E-state index contributed by atoms with van der Waals surface area (Å²) in [5.74, 6) is -0.534. The lowest BCUT2D eigenvalue weighted by atomic mass is 10.1. The molecule has 1 fully saturated rings. The Hall–Kier alpha value is -3.62. The van der Waals surface area contributed by atoms with Crippen LogP contribution in [0.25, 0.3) is 6.08 Å². The summed E-state index contributed by atoms with van der Waals surface area (Å²) in [6, 6.07) is 16.7. The van der Waals surface area contributed by atoms with Gasteiger partial charge in [-0.15, -0.1) is 0 Å². The van der Waals surface area contributed by atoms with E-state index in [1.54, 1.807) is 42.5 Å². The molecule has 184 valence electrons. The van der Waals surface area contributed by atoms with Crippen molar-refractivity contribution in [1.29, 1.82) is 0 Å². The lowest BCUT2D eigenvalue weighted by Crippen LogP contribution is -2.54. The van der Waals surface area contributed by atoms with Crippen molar-refractivity contribution in [1.82, 2.24) is 5.32 Å². The Morgan fingerprint density at radius 3 is 2.53 bits per heavy atom. The van der Waals surface area contributed by atoms with Gasteiger partial charge in [-0.25, -0.2) is 9.69 Å². The second kappa shape index (κ2) is 11.0. The van der Waals surface area contributed by atoms with Gasteiger partial charge in [0.15, 0.2) is 11.5 Å². The molecule has 1 heterocycles. The van der Waals surface area contributed by atoms with Crippen molar-refractivity contribution in [2.45, 2.75) is 20.5 Å². The van der Waals surface area contributed by atoms with Gasteiger partial charge in [-0.05, 0) is 79.1 Å². The number of aryl methyl sites for hydroxylation is 1. The summed E-state index contributed by atoms with van der Waals surface area (Å²) in [6.07, 6.45) is 1.42. The van der Waals surface area contributed by atoms with Crippen molar-refractivity contribution in [3.8, 4) is 11.5 Å². The fraction of sp³-hybridized carbons (Fsp3) is 0.148. The highest BCUT2D eigenvalue weighted by atomic mass is 79.9.